The van der Waals surface area contributed by atoms with Crippen molar-refractivity contribution in [2.45, 2.75) is 6.92 Å². The number of ether oxygens (including phenoxy) is 2. The van der Waals surface area contributed by atoms with Gasteiger partial charge in [-0.15, -0.1) is 5.10 Å². The van der Waals surface area contributed by atoms with Gasteiger partial charge in [-0.3, -0.25) is 4.79 Å². The van der Waals surface area contributed by atoms with Gasteiger partial charge in [-0.1, -0.05) is 0 Å². The second kappa shape index (κ2) is 5.65. The Morgan fingerprint density at radius 3 is 2.83 bits per heavy atom. The normalized spacial score (nSPS) is 12.2. The van der Waals surface area contributed by atoms with Gasteiger partial charge >= 0.3 is 0 Å². The molecule has 4 rings (SSSR count). The van der Waals surface area contributed by atoms with Crippen LogP contribution in [-0.4, -0.2) is 32.9 Å². The predicted octanol–water partition coefficient (Wildman–Crippen LogP) is 1.95. The number of hydrogen-bond acceptors (Lipinski definition) is 6. The van der Waals surface area contributed by atoms with Gasteiger partial charge < -0.3 is 14.8 Å². The predicted molar refractivity (Wildman–Crippen MR) is 84.4 cm³/mol. The molecule has 0 saturated carbocycles. The first-order valence-corrected chi connectivity index (χ1v) is 7.26. The molecule has 8 nitrogen and oxygen atoms in total. The molecule has 2 aromatic carbocycles. The van der Waals surface area contributed by atoms with E-state index < -0.39 is 0 Å². The van der Waals surface area contributed by atoms with Crippen molar-refractivity contribution < 1.29 is 14.3 Å². The highest BCUT2D eigenvalue weighted by molar-refractivity contribution is 6.04. The Balaban J connectivity index is 1.55. The average Bonchev–Trinajstić information content (AvgIpc) is 3.25. The summed E-state index contributed by atoms with van der Waals surface area (Å²) < 4.78 is 12.1. The van der Waals surface area contributed by atoms with E-state index in [1.54, 1.807) is 28.9 Å². The van der Waals surface area contributed by atoms with E-state index >= 15 is 0 Å². The maximum Gasteiger partial charge on any atom is 0.255 e. The van der Waals surface area contributed by atoms with Crippen LogP contribution in [0.2, 0.25) is 0 Å². The largest absolute Gasteiger partial charge is 0.454 e. The minimum Gasteiger partial charge on any atom is -0.454 e. The minimum absolute atomic E-state index is 0.179. The number of hydrogen-bond donors (Lipinski definition) is 1. The molecule has 1 N–H and O–H groups in total. The zero-order valence-electron chi connectivity index (χ0n) is 12.8. The van der Waals surface area contributed by atoms with E-state index in [2.05, 4.69) is 20.8 Å². The van der Waals surface area contributed by atoms with Gasteiger partial charge in [0.25, 0.3) is 5.91 Å². The molecule has 0 atom stereocenters. The molecule has 0 bridgehead atoms. The van der Waals surface area contributed by atoms with E-state index in [1.807, 2.05) is 19.1 Å². The van der Waals surface area contributed by atoms with Crippen molar-refractivity contribution in [1.82, 2.24) is 20.2 Å². The summed E-state index contributed by atoms with van der Waals surface area (Å²) in [4.78, 5) is 12.4. The highest BCUT2D eigenvalue weighted by Crippen LogP contribution is 2.32. The monoisotopic (exact) mass is 323 g/mol. The van der Waals surface area contributed by atoms with Gasteiger partial charge in [0.15, 0.2) is 11.5 Å². The van der Waals surface area contributed by atoms with Gasteiger partial charge in [0, 0.05) is 11.3 Å². The van der Waals surface area contributed by atoms with Gasteiger partial charge in [0.2, 0.25) is 6.79 Å². The number of benzene rings is 2. The number of nitrogens with zero attached hydrogens (tertiary/aromatic N) is 4. The lowest BCUT2D eigenvalue weighted by Crippen LogP contribution is -2.12. The van der Waals surface area contributed by atoms with Gasteiger partial charge in [0.1, 0.15) is 6.33 Å². The van der Waals surface area contributed by atoms with E-state index in [4.69, 9.17) is 9.47 Å². The lowest BCUT2D eigenvalue weighted by molar-refractivity contribution is 0.102. The molecule has 0 fully saturated rings. The van der Waals surface area contributed by atoms with Crippen LogP contribution in [0, 0.1) is 6.92 Å². The summed E-state index contributed by atoms with van der Waals surface area (Å²) in [7, 11) is 0. The first-order valence-electron chi connectivity index (χ1n) is 7.26. The number of amides is 1. The second-order valence-electron chi connectivity index (χ2n) is 5.28. The third-order valence-electron chi connectivity index (χ3n) is 3.69. The number of rotatable bonds is 3. The summed E-state index contributed by atoms with van der Waals surface area (Å²) in [5.74, 6) is 1.00. The molecule has 2 heterocycles. The minimum atomic E-state index is -0.220. The number of carbonyl (C=O) groups excluding carboxylic acids is 1. The van der Waals surface area contributed by atoms with Crippen LogP contribution >= 0.6 is 0 Å². The molecule has 120 valence electrons. The van der Waals surface area contributed by atoms with Gasteiger partial charge in [-0.25, -0.2) is 4.68 Å². The first kappa shape index (κ1) is 14.2. The molecular formula is C16H13N5O3. The number of carbonyl (C=O) groups is 1. The van der Waals surface area contributed by atoms with E-state index in [0.717, 1.165) is 11.3 Å². The van der Waals surface area contributed by atoms with Gasteiger partial charge in [-0.2, -0.15) is 0 Å². The lowest BCUT2D eigenvalue weighted by Gasteiger charge is -2.09. The Morgan fingerprint density at radius 2 is 2.04 bits per heavy atom. The Labute approximate surface area is 137 Å². The highest BCUT2D eigenvalue weighted by atomic mass is 16.7. The lowest BCUT2D eigenvalue weighted by atomic mass is 10.1. The van der Waals surface area contributed by atoms with Crippen molar-refractivity contribution in [2.24, 2.45) is 0 Å². The zero-order valence-corrected chi connectivity index (χ0v) is 12.8. The van der Waals surface area contributed by atoms with Crippen LogP contribution < -0.4 is 14.8 Å². The summed E-state index contributed by atoms with van der Waals surface area (Å²) >= 11 is 0. The van der Waals surface area contributed by atoms with Crippen molar-refractivity contribution in [3.63, 3.8) is 0 Å². The second-order valence-corrected chi connectivity index (χ2v) is 5.28. The summed E-state index contributed by atoms with van der Waals surface area (Å²) in [5, 5.41) is 14.0. The Bertz CT molecular complexity index is 908. The van der Waals surface area contributed by atoms with E-state index in [9.17, 15) is 4.79 Å². The molecule has 1 aliphatic heterocycles. The van der Waals surface area contributed by atoms with Crippen LogP contribution in [0.4, 0.5) is 5.69 Å². The third-order valence-corrected chi connectivity index (χ3v) is 3.69. The fourth-order valence-corrected chi connectivity index (χ4v) is 2.50. The summed E-state index contributed by atoms with van der Waals surface area (Å²) in [6.07, 6.45) is 1.52. The Kier molecular flexibility index (Phi) is 3.34. The SMILES string of the molecule is Cc1cc(NC(=O)c2ccc3c(c2)OCO3)ccc1-n1cnnn1. The number of nitrogens with one attached hydrogen (secondary N) is 1. The van der Waals surface area contributed by atoms with Crippen molar-refractivity contribution in [2.75, 3.05) is 12.1 Å². The van der Waals surface area contributed by atoms with Crippen molar-refractivity contribution in [1.29, 1.82) is 0 Å². The molecule has 24 heavy (non-hydrogen) atoms. The molecule has 1 aromatic heterocycles. The van der Waals surface area contributed by atoms with E-state index in [0.29, 0.717) is 22.7 Å². The summed E-state index contributed by atoms with van der Waals surface area (Å²) in [6, 6.07) is 10.6. The summed E-state index contributed by atoms with van der Waals surface area (Å²) in [6.45, 7) is 2.10. The number of aryl methyl sites for hydroxylation is 1. The molecule has 1 aliphatic rings. The molecule has 0 spiro atoms. The molecule has 0 aliphatic carbocycles. The van der Waals surface area contributed by atoms with E-state index in [1.165, 1.54) is 6.33 Å². The zero-order chi connectivity index (χ0) is 16.5. The van der Waals surface area contributed by atoms with Crippen LogP contribution in [0.3, 0.4) is 0 Å². The van der Waals surface area contributed by atoms with Crippen molar-refractivity contribution in [3.05, 3.63) is 53.9 Å². The molecule has 0 radical (unpaired) electrons. The Hall–Kier alpha value is -3.42. The van der Waals surface area contributed by atoms with Crippen LogP contribution in [0.1, 0.15) is 15.9 Å². The van der Waals surface area contributed by atoms with Crippen molar-refractivity contribution in [3.8, 4) is 17.2 Å². The molecule has 8 heteroatoms. The first-order chi connectivity index (χ1) is 11.7. The smallest absolute Gasteiger partial charge is 0.255 e. The molecule has 1 amide bonds. The molecule has 0 saturated heterocycles. The number of fused-ring (bicyclic) bond motifs is 1. The number of aromatic nitrogens is 4. The standard InChI is InChI=1S/C16H13N5O3/c1-10-6-12(3-4-13(10)21-8-17-19-20-21)18-16(22)11-2-5-14-15(7-11)24-9-23-14/h2-8H,9H2,1H3,(H,18,22). The average molecular weight is 323 g/mol. The van der Waals surface area contributed by atoms with Crippen LogP contribution in [0.25, 0.3) is 5.69 Å². The molecule has 0 unspecified atom stereocenters. The summed E-state index contributed by atoms with van der Waals surface area (Å²) in [5.41, 5.74) is 2.97. The maximum atomic E-state index is 12.4. The third kappa shape index (κ3) is 2.54. The van der Waals surface area contributed by atoms with Crippen LogP contribution in [0.5, 0.6) is 11.5 Å². The van der Waals surface area contributed by atoms with Gasteiger partial charge in [-0.05, 0) is 59.3 Å². The molecule has 3 aromatic rings. The highest BCUT2D eigenvalue weighted by Gasteiger charge is 2.16. The van der Waals surface area contributed by atoms with Crippen LogP contribution in [0.15, 0.2) is 42.7 Å². The maximum absolute atomic E-state index is 12.4. The number of anilines is 1. The number of tetrazole rings is 1. The van der Waals surface area contributed by atoms with Gasteiger partial charge in [0.05, 0.1) is 5.69 Å². The van der Waals surface area contributed by atoms with Crippen molar-refractivity contribution >= 4 is 11.6 Å². The fraction of sp³-hybridized carbons (Fsp3) is 0.125. The molecular weight excluding hydrogens is 310 g/mol. The topological polar surface area (TPSA) is 91.2 Å². The quantitative estimate of drug-likeness (QED) is 0.792. The fourth-order valence-electron chi connectivity index (χ4n) is 2.50. The van der Waals surface area contributed by atoms with Crippen LogP contribution in [-0.2, 0) is 0 Å². The van der Waals surface area contributed by atoms with E-state index in [-0.39, 0.29) is 12.7 Å². The Morgan fingerprint density at radius 1 is 1.17 bits per heavy atom.